The number of hydrogen-bond acceptors (Lipinski definition) is 3. The number of Topliss-reactive ketones (excluding diaryl/α,β-unsaturated/α-hetero) is 1. The lowest BCUT2D eigenvalue weighted by Crippen LogP contribution is -2.18. The molecule has 14 heavy (non-hydrogen) atoms. The van der Waals surface area contributed by atoms with Crippen molar-refractivity contribution < 1.29 is 4.79 Å². The lowest BCUT2D eigenvalue weighted by atomic mass is 10.3. The molecule has 72 valence electrons. The molecule has 2 aromatic rings. The number of imidazole rings is 1. The maximum Gasteiger partial charge on any atom is 0.166 e. The zero-order chi connectivity index (χ0) is 9.97. The molecule has 0 saturated carbocycles. The summed E-state index contributed by atoms with van der Waals surface area (Å²) >= 11 is 0. The van der Waals surface area contributed by atoms with Crippen molar-refractivity contribution in [2.75, 3.05) is 6.54 Å². The summed E-state index contributed by atoms with van der Waals surface area (Å²) < 4.78 is 1.81. The van der Waals surface area contributed by atoms with Crippen molar-refractivity contribution in [1.82, 2.24) is 9.55 Å². The summed E-state index contributed by atoms with van der Waals surface area (Å²) in [5.74, 6) is 0.00755. The maximum atomic E-state index is 11.1. The minimum Gasteiger partial charge on any atom is -0.324 e. The van der Waals surface area contributed by atoms with E-state index < -0.39 is 0 Å². The van der Waals surface area contributed by atoms with E-state index in [0.29, 0.717) is 6.54 Å². The summed E-state index contributed by atoms with van der Waals surface area (Å²) in [4.78, 5) is 15.3. The number of fused-ring (bicyclic) bond motifs is 1. The summed E-state index contributed by atoms with van der Waals surface area (Å²) in [6.45, 7) is 0.378. The largest absolute Gasteiger partial charge is 0.324 e. The van der Waals surface area contributed by atoms with E-state index in [-0.39, 0.29) is 12.3 Å². The summed E-state index contributed by atoms with van der Waals surface area (Å²) in [5, 5.41) is 0. The third-order valence-corrected chi connectivity index (χ3v) is 2.10. The number of nitrogens with two attached hydrogens (primary N) is 1. The highest BCUT2D eigenvalue weighted by Crippen LogP contribution is 2.11. The number of para-hydroxylation sites is 2. The predicted octanol–water partition coefficient (Wildman–Crippen LogP) is 0.564. The molecule has 0 fully saturated rings. The SMILES string of the molecule is NCC(=O)Cn1cnc2ccccc21. The minimum absolute atomic E-state index is 0.00755. The second-order valence-electron chi connectivity index (χ2n) is 3.10. The van der Waals surface area contributed by atoms with Crippen LogP contribution in [0.15, 0.2) is 30.6 Å². The normalized spacial score (nSPS) is 10.6. The molecule has 1 aromatic heterocycles. The Morgan fingerprint density at radius 2 is 2.21 bits per heavy atom. The number of nitrogens with zero attached hydrogens (tertiary/aromatic N) is 2. The van der Waals surface area contributed by atoms with Gasteiger partial charge in [-0.25, -0.2) is 4.98 Å². The Morgan fingerprint density at radius 3 is 3.00 bits per heavy atom. The van der Waals surface area contributed by atoms with Gasteiger partial charge in [0, 0.05) is 0 Å². The Balaban J connectivity index is 2.38. The van der Waals surface area contributed by atoms with Gasteiger partial charge in [-0.1, -0.05) is 12.1 Å². The number of carbonyl (C=O) groups is 1. The van der Waals surface area contributed by atoms with Crippen molar-refractivity contribution in [2.45, 2.75) is 6.54 Å². The number of carbonyl (C=O) groups excluding carboxylic acids is 1. The molecule has 4 nitrogen and oxygen atoms in total. The Hall–Kier alpha value is -1.68. The van der Waals surface area contributed by atoms with Gasteiger partial charge in [0.1, 0.15) is 0 Å². The fourth-order valence-corrected chi connectivity index (χ4v) is 1.39. The quantitative estimate of drug-likeness (QED) is 0.767. The van der Waals surface area contributed by atoms with Crippen LogP contribution in [0, 0.1) is 0 Å². The van der Waals surface area contributed by atoms with Gasteiger partial charge in [0.15, 0.2) is 5.78 Å². The van der Waals surface area contributed by atoms with Crippen LogP contribution in [0.3, 0.4) is 0 Å². The maximum absolute atomic E-state index is 11.1. The van der Waals surface area contributed by atoms with E-state index in [0.717, 1.165) is 11.0 Å². The average molecular weight is 189 g/mol. The minimum atomic E-state index is 0.00755. The van der Waals surface area contributed by atoms with Gasteiger partial charge in [-0.05, 0) is 12.1 Å². The first-order chi connectivity index (χ1) is 6.81. The van der Waals surface area contributed by atoms with Crippen LogP contribution < -0.4 is 5.73 Å². The van der Waals surface area contributed by atoms with E-state index in [1.54, 1.807) is 6.33 Å². The first-order valence-electron chi connectivity index (χ1n) is 4.43. The molecule has 0 saturated heterocycles. The second kappa shape index (κ2) is 3.59. The standard InChI is InChI=1S/C10H11N3O/c11-5-8(14)6-13-7-12-9-3-1-2-4-10(9)13/h1-4,7H,5-6,11H2. The highest BCUT2D eigenvalue weighted by Gasteiger charge is 2.04. The highest BCUT2D eigenvalue weighted by molar-refractivity contribution is 5.82. The second-order valence-corrected chi connectivity index (χ2v) is 3.10. The van der Waals surface area contributed by atoms with Gasteiger partial charge in [-0.15, -0.1) is 0 Å². The van der Waals surface area contributed by atoms with E-state index in [4.69, 9.17) is 5.73 Å². The first-order valence-corrected chi connectivity index (χ1v) is 4.43. The van der Waals surface area contributed by atoms with Crippen LogP contribution in [0.2, 0.25) is 0 Å². The van der Waals surface area contributed by atoms with Gasteiger partial charge in [0.25, 0.3) is 0 Å². The third kappa shape index (κ3) is 1.52. The Labute approximate surface area is 81.3 Å². The van der Waals surface area contributed by atoms with Gasteiger partial charge in [-0.2, -0.15) is 0 Å². The van der Waals surface area contributed by atoms with Crippen molar-refractivity contribution in [3.8, 4) is 0 Å². The van der Waals surface area contributed by atoms with Crippen LogP contribution in [-0.2, 0) is 11.3 Å². The van der Waals surface area contributed by atoms with Gasteiger partial charge in [-0.3, -0.25) is 4.79 Å². The molecule has 1 aromatic carbocycles. The molecular weight excluding hydrogens is 178 g/mol. The summed E-state index contributed by atoms with van der Waals surface area (Å²) in [7, 11) is 0. The van der Waals surface area contributed by atoms with E-state index in [2.05, 4.69) is 4.98 Å². The Bertz CT molecular complexity index is 461. The number of hydrogen-bond donors (Lipinski definition) is 1. The number of rotatable bonds is 3. The van der Waals surface area contributed by atoms with Gasteiger partial charge in [0.05, 0.1) is 30.5 Å². The molecular formula is C10H11N3O. The molecule has 0 amide bonds. The zero-order valence-electron chi connectivity index (χ0n) is 7.68. The summed E-state index contributed by atoms with van der Waals surface area (Å²) in [5.41, 5.74) is 7.12. The summed E-state index contributed by atoms with van der Waals surface area (Å²) in [6.07, 6.45) is 1.66. The molecule has 0 unspecified atom stereocenters. The Morgan fingerprint density at radius 1 is 1.43 bits per heavy atom. The molecule has 2 N–H and O–H groups in total. The van der Waals surface area contributed by atoms with Crippen molar-refractivity contribution in [2.24, 2.45) is 5.73 Å². The lowest BCUT2D eigenvalue weighted by Gasteiger charge is -2.00. The molecule has 0 radical (unpaired) electrons. The molecule has 2 rings (SSSR count). The molecule has 0 aliphatic carbocycles. The van der Waals surface area contributed by atoms with E-state index in [9.17, 15) is 4.79 Å². The van der Waals surface area contributed by atoms with Crippen molar-refractivity contribution in [1.29, 1.82) is 0 Å². The van der Waals surface area contributed by atoms with Crippen LogP contribution in [0.5, 0.6) is 0 Å². The van der Waals surface area contributed by atoms with Crippen LogP contribution in [0.25, 0.3) is 11.0 Å². The molecule has 0 aliphatic rings. The topological polar surface area (TPSA) is 60.9 Å². The van der Waals surface area contributed by atoms with Gasteiger partial charge in [0.2, 0.25) is 0 Å². The van der Waals surface area contributed by atoms with Gasteiger partial charge < -0.3 is 10.3 Å². The van der Waals surface area contributed by atoms with E-state index >= 15 is 0 Å². The van der Waals surface area contributed by atoms with Crippen molar-refractivity contribution >= 4 is 16.8 Å². The third-order valence-electron chi connectivity index (χ3n) is 2.10. The van der Waals surface area contributed by atoms with Crippen LogP contribution in [0.4, 0.5) is 0 Å². The summed E-state index contributed by atoms with van der Waals surface area (Å²) in [6, 6.07) is 7.70. The van der Waals surface area contributed by atoms with Crippen LogP contribution in [0.1, 0.15) is 0 Å². The zero-order valence-corrected chi connectivity index (χ0v) is 7.68. The fourth-order valence-electron chi connectivity index (χ4n) is 1.39. The van der Waals surface area contributed by atoms with Crippen molar-refractivity contribution in [3.63, 3.8) is 0 Å². The molecule has 0 spiro atoms. The van der Waals surface area contributed by atoms with Crippen molar-refractivity contribution in [3.05, 3.63) is 30.6 Å². The highest BCUT2D eigenvalue weighted by atomic mass is 16.1. The molecule has 0 aliphatic heterocycles. The van der Waals surface area contributed by atoms with Crippen LogP contribution in [-0.4, -0.2) is 21.9 Å². The van der Waals surface area contributed by atoms with Crippen LogP contribution >= 0.6 is 0 Å². The fraction of sp³-hybridized carbons (Fsp3) is 0.200. The number of ketones is 1. The average Bonchev–Trinajstić information content (AvgIpc) is 2.62. The molecule has 0 bridgehead atoms. The van der Waals surface area contributed by atoms with E-state index in [1.165, 1.54) is 0 Å². The monoisotopic (exact) mass is 189 g/mol. The van der Waals surface area contributed by atoms with Gasteiger partial charge >= 0.3 is 0 Å². The number of aromatic nitrogens is 2. The molecule has 0 atom stereocenters. The lowest BCUT2D eigenvalue weighted by molar-refractivity contribution is -0.118. The Kier molecular flexibility index (Phi) is 2.28. The number of benzene rings is 1. The first kappa shape index (κ1) is 8.90. The molecule has 1 heterocycles. The predicted molar refractivity (Wildman–Crippen MR) is 53.8 cm³/mol. The van der Waals surface area contributed by atoms with E-state index in [1.807, 2.05) is 28.8 Å². The molecule has 4 heteroatoms. The smallest absolute Gasteiger partial charge is 0.166 e.